The van der Waals surface area contributed by atoms with Gasteiger partial charge < -0.3 is 14.2 Å². The van der Waals surface area contributed by atoms with Crippen LogP contribution in [0.1, 0.15) is 239 Å². The van der Waals surface area contributed by atoms with E-state index in [9.17, 15) is 14.4 Å². The van der Waals surface area contributed by atoms with Crippen molar-refractivity contribution >= 4 is 17.9 Å². The largest absolute Gasteiger partial charge is 0.462 e. The van der Waals surface area contributed by atoms with Gasteiger partial charge >= 0.3 is 17.9 Å². The first-order valence-electron chi connectivity index (χ1n) is 27.4. The molecule has 0 unspecified atom stereocenters. The van der Waals surface area contributed by atoms with E-state index in [1.165, 1.54) is 89.9 Å². The highest BCUT2D eigenvalue weighted by molar-refractivity contribution is 5.71. The minimum atomic E-state index is -0.820. The molecule has 380 valence electrons. The average Bonchev–Trinajstić information content (AvgIpc) is 3.33. The van der Waals surface area contributed by atoms with Gasteiger partial charge in [0.1, 0.15) is 13.2 Å². The van der Waals surface area contributed by atoms with Crippen LogP contribution < -0.4 is 0 Å². The fraction of sp³-hybridized carbons (Fsp3) is 0.656. The minimum absolute atomic E-state index is 0.110. The van der Waals surface area contributed by atoms with Gasteiger partial charge in [0.25, 0.3) is 0 Å². The Morgan fingerprint density at radius 3 is 0.985 bits per heavy atom. The molecule has 0 aliphatic carbocycles. The van der Waals surface area contributed by atoms with Gasteiger partial charge in [-0.1, -0.05) is 226 Å². The maximum absolute atomic E-state index is 12.8. The lowest BCUT2D eigenvalue weighted by molar-refractivity contribution is -0.167. The van der Waals surface area contributed by atoms with Gasteiger partial charge in [0.15, 0.2) is 6.10 Å². The summed E-state index contributed by atoms with van der Waals surface area (Å²) in [7, 11) is 0. The van der Waals surface area contributed by atoms with Crippen LogP contribution in [0.4, 0.5) is 0 Å². The van der Waals surface area contributed by atoms with Crippen molar-refractivity contribution in [2.45, 2.75) is 245 Å². The maximum Gasteiger partial charge on any atom is 0.306 e. The van der Waals surface area contributed by atoms with Gasteiger partial charge in [0.2, 0.25) is 0 Å². The number of hydrogen-bond donors (Lipinski definition) is 0. The highest BCUT2D eigenvalue weighted by Gasteiger charge is 2.19. The number of carbonyl (C=O) groups is 3. The maximum atomic E-state index is 12.8. The lowest BCUT2D eigenvalue weighted by atomic mass is 10.0. The van der Waals surface area contributed by atoms with E-state index in [4.69, 9.17) is 14.2 Å². The summed E-state index contributed by atoms with van der Waals surface area (Å²) in [4.78, 5) is 38.1. The number of hydrogen-bond acceptors (Lipinski definition) is 6. The van der Waals surface area contributed by atoms with E-state index in [0.29, 0.717) is 19.3 Å². The van der Waals surface area contributed by atoms with Crippen LogP contribution in [0.3, 0.4) is 0 Å². The molecular formula is C61H100O6. The Morgan fingerprint density at radius 1 is 0.313 bits per heavy atom. The number of unbranched alkanes of at least 4 members (excludes halogenated alkanes) is 19. The highest BCUT2D eigenvalue weighted by Crippen LogP contribution is 2.14. The molecule has 0 spiro atoms. The van der Waals surface area contributed by atoms with E-state index in [0.717, 1.165) is 103 Å². The van der Waals surface area contributed by atoms with Crippen LogP contribution in [0.2, 0.25) is 0 Å². The first-order valence-corrected chi connectivity index (χ1v) is 27.4. The molecule has 0 aliphatic heterocycles. The second-order valence-electron chi connectivity index (χ2n) is 17.8. The lowest BCUT2D eigenvalue weighted by Crippen LogP contribution is -2.30. The van der Waals surface area contributed by atoms with Gasteiger partial charge in [-0.3, -0.25) is 14.4 Å². The third kappa shape index (κ3) is 52.9. The summed E-state index contributed by atoms with van der Waals surface area (Å²) in [6.45, 7) is 6.42. The summed E-state index contributed by atoms with van der Waals surface area (Å²) < 4.78 is 16.8. The third-order valence-electron chi connectivity index (χ3n) is 11.3. The van der Waals surface area contributed by atoms with Gasteiger partial charge in [-0.25, -0.2) is 0 Å². The number of esters is 3. The van der Waals surface area contributed by atoms with Gasteiger partial charge in [0.05, 0.1) is 0 Å². The van der Waals surface area contributed by atoms with Crippen molar-refractivity contribution in [3.63, 3.8) is 0 Å². The van der Waals surface area contributed by atoms with E-state index >= 15 is 0 Å². The number of carbonyl (C=O) groups excluding carboxylic acids is 3. The molecule has 0 aromatic carbocycles. The van der Waals surface area contributed by atoms with Crippen LogP contribution in [0.25, 0.3) is 0 Å². The van der Waals surface area contributed by atoms with Crippen molar-refractivity contribution in [2.24, 2.45) is 0 Å². The van der Waals surface area contributed by atoms with E-state index in [1.54, 1.807) is 0 Å². The van der Waals surface area contributed by atoms with Crippen LogP contribution >= 0.6 is 0 Å². The molecule has 6 nitrogen and oxygen atoms in total. The van der Waals surface area contributed by atoms with E-state index in [2.05, 4.69) is 130 Å². The van der Waals surface area contributed by atoms with Crippen molar-refractivity contribution in [3.8, 4) is 0 Å². The molecule has 6 heteroatoms. The third-order valence-corrected chi connectivity index (χ3v) is 11.3. The summed E-state index contributed by atoms with van der Waals surface area (Å²) >= 11 is 0. The Bertz CT molecular complexity index is 1390. The Hall–Kier alpha value is -3.93. The van der Waals surface area contributed by atoms with Crippen molar-refractivity contribution < 1.29 is 28.6 Å². The molecule has 0 heterocycles. The Kier molecular flexibility index (Phi) is 51.5. The zero-order valence-electron chi connectivity index (χ0n) is 43.4. The highest BCUT2D eigenvalue weighted by atomic mass is 16.6. The monoisotopic (exact) mass is 929 g/mol. The van der Waals surface area contributed by atoms with Gasteiger partial charge in [-0.15, -0.1) is 0 Å². The number of allylic oxidation sites excluding steroid dienone is 18. The Morgan fingerprint density at radius 2 is 0.597 bits per heavy atom. The van der Waals surface area contributed by atoms with Crippen molar-refractivity contribution in [1.29, 1.82) is 0 Å². The predicted octanol–water partition coefficient (Wildman–Crippen LogP) is 18.3. The van der Waals surface area contributed by atoms with Gasteiger partial charge in [-0.05, 0) is 103 Å². The first kappa shape index (κ1) is 63.1. The molecule has 0 radical (unpaired) electrons. The lowest BCUT2D eigenvalue weighted by Gasteiger charge is -2.18. The molecular weight excluding hydrogens is 829 g/mol. The molecule has 0 N–H and O–H groups in total. The summed E-state index contributed by atoms with van der Waals surface area (Å²) in [6, 6.07) is 0. The quantitative estimate of drug-likeness (QED) is 0.0262. The number of ether oxygens (including phenoxy) is 3. The molecule has 0 aromatic heterocycles. The molecule has 0 aliphatic rings. The molecule has 0 rings (SSSR count). The molecule has 1 atom stereocenters. The topological polar surface area (TPSA) is 78.9 Å². The smallest absolute Gasteiger partial charge is 0.306 e. The molecule has 0 fully saturated rings. The van der Waals surface area contributed by atoms with Crippen LogP contribution in [-0.2, 0) is 28.6 Å². The molecule has 0 amide bonds. The summed E-state index contributed by atoms with van der Waals surface area (Å²) in [5, 5.41) is 0. The van der Waals surface area contributed by atoms with Crippen LogP contribution in [0, 0.1) is 0 Å². The normalized spacial score (nSPS) is 12.9. The molecule has 0 bridgehead atoms. The van der Waals surface area contributed by atoms with E-state index in [-0.39, 0.29) is 37.5 Å². The van der Waals surface area contributed by atoms with Crippen molar-refractivity contribution in [2.75, 3.05) is 13.2 Å². The second kappa shape index (κ2) is 54.7. The molecule has 0 saturated carbocycles. The standard InChI is InChI=1S/C61H100O6/c1-4-7-10-13-16-19-22-25-27-29-30-32-33-36-39-42-45-48-51-54-60(63)66-57-58(56-65-59(62)53-50-47-44-41-38-35-24-21-18-15-12-9-6-3)67-61(64)55-52-49-46-43-40-37-34-31-28-26-23-20-17-14-11-8-5-2/h7,10,16-17,19-20,25-28,30,32,34,36-37,39,43,46,58H,4-6,8-9,11-15,18,21-24,29,31,33,35,38,40-42,44-45,47-57H2,1-3H3/b10-7+,19-16+,20-17+,27-25+,28-26+,32-30+,37-34+,39-36+,46-43+/t58-/m1/s1. The predicted molar refractivity (Wildman–Crippen MR) is 288 cm³/mol. The fourth-order valence-corrected chi connectivity index (χ4v) is 7.17. The van der Waals surface area contributed by atoms with Crippen molar-refractivity contribution in [3.05, 3.63) is 109 Å². The number of rotatable bonds is 48. The SMILES string of the molecule is CC/C=C/C/C=C/C/C=C/C/C=C/C/C=C/CCCCCC(=O)OC[C@@H](COC(=O)CCCCCCCCCCCCCCC)OC(=O)CCC/C=C/C/C=C/C/C=C/C/C=C/CCCCC. The zero-order chi connectivity index (χ0) is 48.6. The zero-order valence-corrected chi connectivity index (χ0v) is 43.4. The molecule has 67 heavy (non-hydrogen) atoms. The summed E-state index contributed by atoms with van der Waals surface area (Å²) in [5.41, 5.74) is 0. The van der Waals surface area contributed by atoms with Crippen molar-refractivity contribution in [1.82, 2.24) is 0 Å². The van der Waals surface area contributed by atoms with Gasteiger partial charge in [0, 0.05) is 19.3 Å². The molecule has 0 aromatic rings. The summed E-state index contributed by atoms with van der Waals surface area (Å²) in [5.74, 6) is -1.00. The molecule has 0 saturated heterocycles. The Balaban J connectivity index is 4.54. The first-order chi connectivity index (χ1) is 33.0. The Labute approximate surface area is 412 Å². The van der Waals surface area contributed by atoms with Crippen LogP contribution in [0.15, 0.2) is 109 Å². The van der Waals surface area contributed by atoms with Gasteiger partial charge in [-0.2, -0.15) is 0 Å². The summed E-state index contributed by atoms with van der Waals surface area (Å²) in [6.07, 6.45) is 73.6. The average molecular weight is 929 g/mol. The minimum Gasteiger partial charge on any atom is -0.462 e. The van der Waals surface area contributed by atoms with Crippen LogP contribution in [0.5, 0.6) is 0 Å². The van der Waals surface area contributed by atoms with E-state index < -0.39 is 6.10 Å². The van der Waals surface area contributed by atoms with E-state index in [1.807, 2.05) is 0 Å². The van der Waals surface area contributed by atoms with Crippen LogP contribution in [-0.4, -0.2) is 37.2 Å². The second-order valence-corrected chi connectivity index (χ2v) is 17.8. The fourth-order valence-electron chi connectivity index (χ4n) is 7.17.